The molecule has 1 aromatic carbocycles. The Hall–Kier alpha value is -2.30. The number of carbonyl (C=O) groups is 2. The van der Waals surface area contributed by atoms with Crippen molar-refractivity contribution in [2.24, 2.45) is 0 Å². The van der Waals surface area contributed by atoms with Crippen LogP contribution in [0.3, 0.4) is 0 Å². The van der Waals surface area contributed by atoms with Gasteiger partial charge in [0.05, 0.1) is 18.2 Å². The van der Waals surface area contributed by atoms with Gasteiger partial charge >= 0.3 is 5.97 Å². The molecular formula is C14H14O5. The second-order valence-corrected chi connectivity index (χ2v) is 4.36. The van der Waals surface area contributed by atoms with Crippen molar-refractivity contribution in [2.75, 3.05) is 7.11 Å². The lowest BCUT2D eigenvalue weighted by Gasteiger charge is -2.11. The highest BCUT2D eigenvalue weighted by Crippen LogP contribution is 2.36. The summed E-state index contributed by atoms with van der Waals surface area (Å²) in [4.78, 5) is 22.7. The molecule has 1 aromatic rings. The summed E-state index contributed by atoms with van der Waals surface area (Å²) >= 11 is 0. The fourth-order valence-corrected chi connectivity index (χ4v) is 2.01. The number of carbonyl (C=O) groups excluding carboxylic acids is 2. The van der Waals surface area contributed by atoms with Crippen molar-refractivity contribution in [3.8, 4) is 11.5 Å². The zero-order valence-corrected chi connectivity index (χ0v) is 10.7. The maximum atomic E-state index is 11.4. The molecule has 1 unspecified atom stereocenters. The van der Waals surface area contributed by atoms with Crippen molar-refractivity contribution >= 4 is 11.8 Å². The number of Topliss-reactive ketones (excluding diaryl/α,β-unsaturated/α-hetero) is 1. The highest BCUT2D eigenvalue weighted by atomic mass is 16.5. The van der Waals surface area contributed by atoms with Crippen LogP contribution in [0.4, 0.5) is 0 Å². The smallest absolute Gasteiger partial charge is 0.336 e. The highest BCUT2D eigenvalue weighted by molar-refractivity contribution is 5.97. The third kappa shape index (κ3) is 2.31. The van der Waals surface area contributed by atoms with Gasteiger partial charge in [0.25, 0.3) is 0 Å². The average Bonchev–Trinajstić information content (AvgIpc) is 2.78. The number of ketones is 1. The van der Waals surface area contributed by atoms with Gasteiger partial charge in [0.1, 0.15) is 17.6 Å². The second kappa shape index (κ2) is 4.76. The molecule has 1 atom stereocenters. The van der Waals surface area contributed by atoms with E-state index in [1.54, 1.807) is 0 Å². The first-order valence-corrected chi connectivity index (χ1v) is 5.74. The Kier molecular flexibility index (Phi) is 3.29. The summed E-state index contributed by atoms with van der Waals surface area (Å²) in [6.45, 7) is 5.00. The summed E-state index contributed by atoms with van der Waals surface area (Å²) in [5.41, 5.74) is 1.14. The molecule has 1 N–H and O–H groups in total. The van der Waals surface area contributed by atoms with E-state index in [0.29, 0.717) is 12.2 Å². The Balaban J connectivity index is 2.28. The molecule has 0 amide bonds. The lowest BCUT2D eigenvalue weighted by atomic mass is 10.0. The second-order valence-electron chi connectivity index (χ2n) is 4.36. The van der Waals surface area contributed by atoms with Crippen LogP contribution in [0, 0.1) is 0 Å². The highest BCUT2D eigenvalue weighted by Gasteiger charge is 2.30. The average molecular weight is 262 g/mol. The third-order valence-electron chi connectivity index (χ3n) is 3.07. The van der Waals surface area contributed by atoms with Crippen molar-refractivity contribution in [1.29, 1.82) is 0 Å². The minimum atomic E-state index is -0.534. The molecule has 0 radical (unpaired) electrons. The van der Waals surface area contributed by atoms with Crippen LogP contribution in [0.25, 0.3) is 0 Å². The van der Waals surface area contributed by atoms with Gasteiger partial charge in [-0.1, -0.05) is 6.58 Å². The van der Waals surface area contributed by atoms with Gasteiger partial charge in [0.2, 0.25) is 0 Å². The number of aromatic hydroxyl groups is 1. The van der Waals surface area contributed by atoms with Gasteiger partial charge in [-0.3, -0.25) is 4.79 Å². The molecule has 0 bridgehead atoms. The van der Waals surface area contributed by atoms with E-state index >= 15 is 0 Å². The van der Waals surface area contributed by atoms with Crippen LogP contribution in [0.15, 0.2) is 24.3 Å². The molecule has 0 aliphatic carbocycles. The fraction of sp³-hybridized carbons (Fsp3) is 0.286. The van der Waals surface area contributed by atoms with Gasteiger partial charge in [-0.15, -0.1) is 0 Å². The van der Waals surface area contributed by atoms with Crippen LogP contribution in [0.1, 0.15) is 22.8 Å². The van der Waals surface area contributed by atoms with Gasteiger partial charge in [-0.05, 0) is 19.1 Å². The molecule has 5 heteroatoms. The Morgan fingerprint density at radius 1 is 1.47 bits per heavy atom. The summed E-state index contributed by atoms with van der Waals surface area (Å²) < 4.78 is 10.2. The predicted octanol–water partition coefficient (Wildman–Crippen LogP) is 1.63. The van der Waals surface area contributed by atoms with E-state index in [2.05, 4.69) is 11.3 Å². The van der Waals surface area contributed by atoms with Gasteiger partial charge in [0.15, 0.2) is 5.78 Å². The van der Waals surface area contributed by atoms with E-state index in [0.717, 1.165) is 5.56 Å². The molecule has 2 rings (SSSR count). The van der Waals surface area contributed by atoms with E-state index in [9.17, 15) is 14.7 Å². The summed E-state index contributed by atoms with van der Waals surface area (Å²) in [5, 5.41) is 9.73. The molecule has 1 aliphatic heterocycles. The van der Waals surface area contributed by atoms with Crippen molar-refractivity contribution in [2.45, 2.75) is 19.4 Å². The Labute approximate surface area is 110 Å². The standard InChI is InChI=1S/C14H14O5/c1-7(14(17)18-3)12-5-9-4-11(16)10(8(2)15)6-13(9)19-12/h4,6,12,16H,1,5H2,2-3H3. The van der Waals surface area contributed by atoms with E-state index in [1.165, 1.54) is 26.2 Å². The number of methoxy groups -OCH3 is 1. The molecule has 1 heterocycles. The number of phenolic OH excluding ortho intramolecular Hbond substituents is 1. The van der Waals surface area contributed by atoms with Crippen LogP contribution in [0.5, 0.6) is 11.5 Å². The molecule has 19 heavy (non-hydrogen) atoms. The van der Waals surface area contributed by atoms with E-state index in [1.807, 2.05) is 0 Å². The molecule has 0 saturated carbocycles. The zero-order chi connectivity index (χ0) is 14.2. The maximum absolute atomic E-state index is 11.4. The maximum Gasteiger partial charge on any atom is 0.336 e. The first-order chi connectivity index (χ1) is 8.93. The van der Waals surface area contributed by atoms with E-state index in [4.69, 9.17) is 4.74 Å². The Bertz CT molecular complexity index is 573. The summed E-state index contributed by atoms with van der Waals surface area (Å²) in [6.07, 6.45) is -0.112. The number of esters is 1. The minimum absolute atomic E-state index is 0.0841. The summed E-state index contributed by atoms with van der Waals surface area (Å²) in [7, 11) is 1.27. The molecule has 5 nitrogen and oxygen atoms in total. The first kappa shape index (κ1) is 13.1. The molecule has 1 aliphatic rings. The molecule has 0 fully saturated rings. The lowest BCUT2D eigenvalue weighted by molar-refractivity contribution is -0.136. The van der Waals surface area contributed by atoms with Gasteiger partial charge in [-0.25, -0.2) is 4.79 Å². The van der Waals surface area contributed by atoms with Crippen LogP contribution in [-0.4, -0.2) is 30.1 Å². The van der Waals surface area contributed by atoms with Gasteiger partial charge < -0.3 is 14.6 Å². The van der Waals surface area contributed by atoms with Crippen molar-refractivity contribution in [1.82, 2.24) is 0 Å². The molecule has 100 valence electrons. The predicted molar refractivity (Wildman–Crippen MR) is 67.4 cm³/mol. The lowest BCUT2D eigenvalue weighted by Crippen LogP contribution is -2.22. The van der Waals surface area contributed by atoms with Crippen LogP contribution in [-0.2, 0) is 16.0 Å². The van der Waals surface area contributed by atoms with Crippen LogP contribution < -0.4 is 4.74 Å². The molecular weight excluding hydrogens is 248 g/mol. The number of phenols is 1. The molecule has 0 aromatic heterocycles. The van der Waals surface area contributed by atoms with E-state index in [-0.39, 0.29) is 22.7 Å². The van der Waals surface area contributed by atoms with Crippen LogP contribution >= 0.6 is 0 Å². The number of hydrogen-bond acceptors (Lipinski definition) is 5. The summed E-state index contributed by atoms with van der Waals surface area (Å²) in [6, 6.07) is 2.97. The topological polar surface area (TPSA) is 72.8 Å². The minimum Gasteiger partial charge on any atom is -0.507 e. The Morgan fingerprint density at radius 2 is 2.16 bits per heavy atom. The monoisotopic (exact) mass is 262 g/mol. The number of benzene rings is 1. The quantitative estimate of drug-likeness (QED) is 0.509. The number of rotatable bonds is 3. The molecule has 0 saturated heterocycles. The first-order valence-electron chi connectivity index (χ1n) is 5.74. The zero-order valence-electron chi connectivity index (χ0n) is 10.7. The number of ether oxygens (including phenoxy) is 2. The summed E-state index contributed by atoms with van der Waals surface area (Å²) in [5.74, 6) is -0.384. The third-order valence-corrected chi connectivity index (χ3v) is 3.07. The van der Waals surface area contributed by atoms with Crippen LogP contribution in [0.2, 0.25) is 0 Å². The molecule has 0 spiro atoms. The van der Waals surface area contributed by atoms with Gasteiger partial charge in [0, 0.05) is 12.0 Å². The number of fused-ring (bicyclic) bond motifs is 1. The SMILES string of the molecule is C=C(C(=O)OC)C1Cc2cc(O)c(C(C)=O)cc2O1. The van der Waals surface area contributed by atoms with E-state index < -0.39 is 12.1 Å². The van der Waals surface area contributed by atoms with Crippen molar-refractivity contribution in [3.63, 3.8) is 0 Å². The number of hydrogen-bond donors (Lipinski definition) is 1. The normalized spacial score (nSPS) is 16.4. The van der Waals surface area contributed by atoms with Crippen molar-refractivity contribution < 1.29 is 24.2 Å². The fourth-order valence-electron chi connectivity index (χ4n) is 2.01. The van der Waals surface area contributed by atoms with Crippen molar-refractivity contribution in [3.05, 3.63) is 35.4 Å². The Morgan fingerprint density at radius 3 is 2.74 bits per heavy atom. The van der Waals surface area contributed by atoms with Gasteiger partial charge in [-0.2, -0.15) is 0 Å². The largest absolute Gasteiger partial charge is 0.507 e.